The van der Waals surface area contributed by atoms with E-state index in [9.17, 15) is 9.59 Å². The second kappa shape index (κ2) is 8.83. The molecule has 1 amide bonds. The van der Waals surface area contributed by atoms with Crippen molar-refractivity contribution < 1.29 is 24.2 Å². The molecule has 0 aromatic heterocycles. The van der Waals surface area contributed by atoms with Crippen molar-refractivity contribution in [2.24, 2.45) is 4.99 Å². The third kappa shape index (κ3) is 4.43. The second-order valence-electron chi connectivity index (χ2n) is 6.02. The van der Waals surface area contributed by atoms with Gasteiger partial charge in [0, 0.05) is 6.54 Å². The Labute approximate surface area is 172 Å². The van der Waals surface area contributed by atoms with Gasteiger partial charge in [-0.15, -0.1) is 0 Å². The molecule has 1 aliphatic rings. The number of aliphatic imine (C=N–C) groups is 1. The highest BCUT2D eigenvalue weighted by Gasteiger charge is 2.32. The molecule has 2 aromatic rings. The van der Waals surface area contributed by atoms with Gasteiger partial charge in [0.05, 0.1) is 30.4 Å². The molecular formula is C21H20N2O5S. The summed E-state index contributed by atoms with van der Waals surface area (Å²) in [5.41, 5.74) is 1.42. The van der Waals surface area contributed by atoms with E-state index in [2.05, 4.69) is 4.99 Å². The lowest BCUT2D eigenvalue weighted by Crippen LogP contribution is -2.28. The Balaban J connectivity index is 1.94. The molecule has 29 heavy (non-hydrogen) atoms. The molecule has 1 aliphatic heterocycles. The second-order valence-corrected chi connectivity index (χ2v) is 7.03. The standard InChI is InChI=1S/C21H20N2O5S/c1-4-23-19(24)18(11-13-8-9-16(27-2)17(10-13)28-3)29-21(23)22-15-7-5-6-14(12-15)20(25)26/h5-12H,4H2,1-3H3,(H,25,26). The third-order valence-electron chi connectivity index (χ3n) is 4.23. The van der Waals surface area contributed by atoms with Crippen LogP contribution in [0, 0.1) is 0 Å². The topological polar surface area (TPSA) is 88.4 Å². The fourth-order valence-corrected chi connectivity index (χ4v) is 3.85. The monoisotopic (exact) mass is 412 g/mol. The molecule has 0 spiro atoms. The summed E-state index contributed by atoms with van der Waals surface area (Å²) in [5.74, 6) is 0.00355. The van der Waals surface area contributed by atoms with Gasteiger partial charge in [-0.3, -0.25) is 9.69 Å². The number of ether oxygens (including phenoxy) is 2. The number of methoxy groups -OCH3 is 2. The quantitative estimate of drug-likeness (QED) is 0.721. The van der Waals surface area contributed by atoms with Gasteiger partial charge in [-0.25, -0.2) is 9.79 Å². The molecule has 8 heteroatoms. The number of carboxylic acids is 1. The Morgan fingerprint density at radius 3 is 2.59 bits per heavy atom. The first-order chi connectivity index (χ1) is 14.0. The van der Waals surface area contributed by atoms with Crippen molar-refractivity contribution in [3.8, 4) is 11.5 Å². The van der Waals surface area contributed by atoms with Gasteiger partial charge in [-0.1, -0.05) is 12.1 Å². The number of amidine groups is 1. The minimum Gasteiger partial charge on any atom is -0.493 e. The van der Waals surface area contributed by atoms with Crippen LogP contribution in [0.25, 0.3) is 6.08 Å². The molecule has 0 atom stereocenters. The summed E-state index contributed by atoms with van der Waals surface area (Å²) >= 11 is 1.25. The molecule has 1 saturated heterocycles. The number of carbonyl (C=O) groups excluding carboxylic acids is 1. The molecule has 7 nitrogen and oxygen atoms in total. The van der Waals surface area contributed by atoms with Gasteiger partial charge in [-0.05, 0) is 60.7 Å². The molecule has 0 radical (unpaired) electrons. The van der Waals surface area contributed by atoms with E-state index in [4.69, 9.17) is 14.6 Å². The minimum atomic E-state index is -1.02. The van der Waals surface area contributed by atoms with Crippen molar-refractivity contribution >= 4 is 40.6 Å². The maximum Gasteiger partial charge on any atom is 0.335 e. The molecule has 2 aromatic carbocycles. The third-order valence-corrected chi connectivity index (χ3v) is 5.23. The van der Waals surface area contributed by atoms with E-state index in [1.807, 2.05) is 13.0 Å². The zero-order valence-corrected chi connectivity index (χ0v) is 17.0. The summed E-state index contributed by atoms with van der Waals surface area (Å²) in [6.45, 7) is 2.31. The Kier molecular flexibility index (Phi) is 6.23. The van der Waals surface area contributed by atoms with Crippen molar-refractivity contribution in [3.63, 3.8) is 0 Å². The van der Waals surface area contributed by atoms with Gasteiger partial charge in [0.15, 0.2) is 16.7 Å². The first-order valence-electron chi connectivity index (χ1n) is 8.82. The number of rotatable bonds is 6. The molecule has 3 rings (SSSR count). The number of hydrogen-bond acceptors (Lipinski definition) is 6. The number of benzene rings is 2. The van der Waals surface area contributed by atoms with Gasteiger partial charge in [0.2, 0.25) is 0 Å². The number of thioether (sulfide) groups is 1. The van der Waals surface area contributed by atoms with E-state index in [0.29, 0.717) is 33.8 Å². The SMILES string of the molecule is CCN1C(=O)C(=Cc2ccc(OC)c(OC)c2)SC1=Nc1cccc(C(=O)O)c1. The maximum absolute atomic E-state index is 12.8. The van der Waals surface area contributed by atoms with Gasteiger partial charge in [0.25, 0.3) is 5.91 Å². The summed E-state index contributed by atoms with van der Waals surface area (Å²) in [6.07, 6.45) is 1.77. The fraction of sp³-hybridized carbons (Fsp3) is 0.190. The normalized spacial score (nSPS) is 16.5. The van der Waals surface area contributed by atoms with Crippen LogP contribution in [0.1, 0.15) is 22.8 Å². The van der Waals surface area contributed by atoms with Crippen molar-refractivity contribution in [2.75, 3.05) is 20.8 Å². The van der Waals surface area contributed by atoms with E-state index >= 15 is 0 Å². The van der Waals surface area contributed by atoms with E-state index in [1.54, 1.807) is 49.5 Å². The van der Waals surface area contributed by atoms with Crippen molar-refractivity contribution in [1.82, 2.24) is 4.90 Å². The number of carboxylic acid groups (broad SMARTS) is 1. The zero-order valence-electron chi connectivity index (χ0n) is 16.2. The molecule has 0 saturated carbocycles. The van der Waals surface area contributed by atoms with E-state index in [1.165, 1.54) is 23.9 Å². The van der Waals surface area contributed by atoms with Crippen LogP contribution >= 0.6 is 11.8 Å². The summed E-state index contributed by atoms with van der Waals surface area (Å²) in [7, 11) is 3.12. The smallest absolute Gasteiger partial charge is 0.335 e. The average Bonchev–Trinajstić information content (AvgIpc) is 3.01. The van der Waals surface area contributed by atoms with Crippen molar-refractivity contribution in [2.45, 2.75) is 6.92 Å². The van der Waals surface area contributed by atoms with Gasteiger partial charge in [-0.2, -0.15) is 0 Å². The largest absolute Gasteiger partial charge is 0.493 e. The average molecular weight is 412 g/mol. The van der Waals surface area contributed by atoms with Crippen LogP contribution in [0.15, 0.2) is 52.4 Å². The van der Waals surface area contributed by atoms with Crippen LogP contribution in [0.4, 0.5) is 5.69 Å². The van der Waals surface area contributed by atoms with Crippen LogP contribution in [-0.4, -0.2) is 47.8 Å². The molecular weight excluding hydrogens is 392 g/mol. The van der Waals surface area contributed by atoms with Crippen LogP contribution in [-0.2, 0) is 4.79 Å². The predicted octanol–water partition coefficient (Wildman–Crippen LogP) is 4.03. The first-order valence-corrected chi connectivity index (χ1v) is 9.64. The van der Waals surface area contributed by atoms with E-state index in [0.717, 1.165) is 5.56 Å². The van der Waals surface area contributed by atoms with E-state index in [-0.39, 0.29) is 11.5 Å². The zero-order chi connectivity index (χ0) is 21.0. The van der Waals surface area contributed by atoms with Gasteiger partial charge >= 0.3 is 5.97 Å². The summed E-state index contributed by atoms with van der Waals surface area (Å²) in [4.78, 5) is 30.5. The number of amides is 1. The lowest BCUT2D eigenvalue weighted by Gasteiger charge is -2.12. The van der Waals surface area contributed by atoms with Crippen LogP contribution in [0.2, 0.25) is 0 Å². The highest BCUT2D eigenvalue weighted by molar-refractivity contribution is 8.18. The number of carbonyl (C=O) groups is 2. The number of nitrogens with zero attached hydrogens (tertiary/aromatic N) is 2. The minimum absolute atomic E-state index is 0.144. The maximum atomic E-state index is 12.8. The lowest BCUT2D eigenvalue weighted by molar-refractivity contribution is -0.122. The number of likely N-dealkylation sites (N-methyl/N-ethyl adjacent to an activating group) is 1. The number of aromatic carboxylic acids is 1. The highest BCUT2D eigenvalue weighted by atomic mass is 32.2. The highest BCUT2D eigenvalue weighted by Crippen LogP contribution is 2.35. The Hall–Kier alpha value is -3.26. The Bertz CT molecular complexity index is 1020. The molecule has 1 N–H and O–H groups in total. The summed E-state index contributed by atoms with van der Waals surface area (Å²) < 4.78 is 10.6. The molecule has 150 valence electrons. The first kappa shape index (κ1) is 20.5. The van der Waals surface area contributed by atoms with Crippen LogP contribution in [0.5, 0.6) is 11.5 Å². The molecule has 0 aliphatic carbocycles. The predicted molar refractivity (Wildman–Crippen MR) is 113 cm³/mol. The van der Waals surface area contributed by atoms with Crippen LogP contribution in [0.3, 0.4) is 0 Å². The molecule has 0 unspecified atom stereocenters. The fourth-order valence-electron chi connectivity index (χ4n) is 2.78. The van der Waals surface area contributed by atoms with Gasteiger partial charge in [0.1, 0.15) is 0 Å². The van der Waals surface area contributed by atoms with E-state index < -0.39 is 5.97 Å². The molecule has 0 bridgehead atoms. The Morgan fingerprint density at radius 1 is 1.17 bits per heavy atom. The Morgan fingerprint density at radius 2 is 1.93 bits per heavy atom. The van der Waals surface area contributed by atoms with Crippen LogP contribution < -0.4 is 9.47 Å². The van der Waals surface area contributed by atoms with Gasteiger partial charge < -0.3 is 14.6 Å². The number of hydrogen-bond donors (Lipinski definition) is 1. The van der Waals surface area contributed by atoms with Crippen molar-refractivity contribution in [3.05, 3.63) is 58.5 Å². The molecule has 1 heterocycles. The summed E-state index contributed by atoms with van der Waals surface area (Å²) in [5, 5.41) is 9.66. The van der Waals surface area contributed by atoms with Crippen molar-refractivity contribution in [1.29, 1.82) is 0 Å². The summed E-state index contributed by atoms with van der Waals surface area (Å²) in [6, 6.07) is 11.7. The molecule has 1 fully saturated rings. The lowest BCUT2D eigenvalue weighted by atomic mass is 10.2.